The van der Waals surface area contributed by atoms with E-state index >= 15 is 14.4 Å². The Labute approximate surface area is 362 Å². The molecular formula is C51H52N4O7. The number of para-hydroxylation sites is 1. The highest BCUT2D eigenvalue weighted by Gasteiger charge is 2.76. The number of imide groups is 1. The van der Waals surface area contributed by atoms with Gasteiger partial charge in [0.05, 0.1) is 36.3 Å². The molecule has 0 aliphatic carbocycles. The minimum Gasteiger partial charge on any atom is -0.491 e. The highest BCUT2D eigenvalue weighted by atomic mass is 16.6. The SMILES string of the molecule is C[C@@H](NC(=O)N1C(=O)[C@@]2(c3ccccc31)[C@H](c1ccc(OCCO)cc1)N1[C@H](c3ccccc3)[C@H](c3ccccc3)OC(=O)[C@H]1[C@@H]2C(=O)N1CCCCCCC1)c1ccccc1. The summed E-state index contributed by atoms with van der Waals surface area (Å²) in [5, 5.41) is 12.6. The summed E-state index contributed by atoms with van der Waals surface area (Å²) in [6.07, 6.45) is 3.78. The fraction of sp³-hybridized carbons (Fsp3) is 0.333. The summed E-state index contributed by atoms with van der Waals surface area (Å²) >= 11 is 0. The van der Waals surface area contributed by atoms with Crippen molar-refractivity contribution in [2.75, 3.05) is 31.2 Å². The van der Waals surface area contributed by atoms with Crippen LogP contribution >= 0.6 is 0 Å². The number of carbonyl (C=O) groups excluding carboxylic acids is 4. The maximum absolute atomic E-state index is 16.4. The van der Waals surface area contributed by atoms with Crippen molar-refractivity contribution < 1.29 is 33.8 Å². The van der Waals surface area contributed by atoms with E-state index in [0.717, 1.165) is 48.8 Å². The molecule has 4 amide bonds. The molecule has 0 bridgehead atoms. The third-order valence-electron chi connectivity index (χ3n) is 13.2. The van der Waals surface area contributed by atoms with Crippen molar-refractivity contribution >= 4 is 29.5 Å². The van der Waals surface area contributed by atoms with E-state index in [2.05, 4.69) is 10.2 Å². The second-order valence-corrected chi connectivity index (χ2v) is 16.7. The molecule has 0 radical (unpaired) electrons. The number of fused-ring (bicyclic) bond motifs is 3. The maximum atomic E-state index is 16.4. The molecule has 4 aliphatic rings. The number of aliphatic hydroxyl groups excluding tert-OH is 1. The van der Waals surface area contributed by atoms with Crippen molar-refractivity contribution in [2.45, 2.75) is 74.7 Å². The van der Waals surface area contributed by atoms with Gasteiger partial charge in [-0.25, -0.2) is 9.69 Å². The summed E-state index contributed by atoms with van der Waals surface area (Å²) in [7, 11) is 0. The van der Waals surface area contributed by atoms with Gasteiger partial charge in [-0.2, -0.15) is 0 Å². The average Bonchev–Trinajstić information content (AvgIpc) is 3.75. The molecular weight excluding hydrogens is 781 g/mol. The molecule has 3 saturated heterocycles. The zero-order valence-corrected chi connectivity index (χ0v) is 34.8. The second-order valence-electron chi connectivity index (χ2n) is 16.7. The van der Waals surface area contributed by atoms with Gasteiger partial charge in [0, 0.05) is 13.1 Å². The third-order valence-corrected chi connectivity index (χ3v) is 13.2. The van der Waals surface area contributed by atoms with Gasteiger partial charge in [-0.15, -0.1) is 0 Å². The summed E-state index contributed by atoms with van der Waals surface area (Å²) in [4.78, 5) is 67.6. The summed E-state index contributed by atoms with van der Waals surface area (Å²) in [5.74, 6) is -2.28. The first-order valence-corrected chi connectivity index (χ1v) is 21.8. The van der Waals surface area contributed by atoms with Crippen LogP contribution in [-0.2, 0) is 24.5 Å². The number of rotatable bonds is 9. The van der Waals surface area contributed by atoms with E-state index in [1.165, 1.54) is 4.90 Å². The van der Waals surface area contributed by atoms with Gasteiger partial charge in [-0.3, -0.25) is 19.3 Å². The molecule has 4 aliphatic heterocycles. The highest BCUT2D eigenvalue weighted by molar-refractivity contribution is 6.24. The number of esters is 1. The second kappa shape index (κ2) is 17.6. The summed E-state index contributed by atoms with van der Waals surface area (Å²) < 4.78 is 12.4. The standard InChI is InChI=1S/C51H52N4O7/c1-34(35-18-8-5-9-19-35)52-50(60)54-41-25-15-14-24-40(41)51(49(54)59)42(47(57)53-30-16-3-2-4-17-31-53)44-48(58)62-45(37-22-12-7-13-23-37)43(36-20-10-6-11-21-36)55(44)46(51)38-26-28-39(29-27-38)61-33-32-56/h5-15,18-29,34,42-46,56H,2-4,16-17,30-33H2,1H3,(H,52,60)/t34-,42-,43-,44-,45+,46+,51-/m1/s1. The first-order valence-electron chi connectivity index (χ1n) is 21.8. The Balaban J connectivity index is 1.30. The van der Waals surface area contributed by atoms with E-state index in [1.54, 1.807) is 24.3 Å². The lowest BCUT2D eigenvalue weighted by Crippen LogP contribution is -2.57. The Hall–Kier alpha value is -6.30. The highest BCUT2D eigenvalue weighted by Crippen LogP contribution is 2.66. The Morgan fingerprint density at radius 1 is 0.742 bits per heavy atom. The summed E-state index contributed by atoms with van der Waals surface area (Å²) in [6.45, 7) is 2.76. The number of hydrogen-bond donors (Lipinski definition) is 2. The fourth-order valence-corrected chi connectivity index (χ4v) is 10.5. The monoisotopic (exact) mass is 832 g/mol. The quantitative estimate of drug-likeness (QED) is 0.143. The summed E-state index contributed by atoms with van der Waals surface area (Å²) in [6, 6.07) is 39.5. The topological polar surface area (TPSA) is 129 Å². The lowest BCUT2D eigenvalue weighted by atomic mass is 9.65. The average molecular weight is 833 g/mol. The molecule has 1 spiro atoms. The predicted octanol–water partition coefficient (Wildman–Crippen LogP) is 7.99. The first-order chi connectivity index (χ1) is 30.3. The molecule has 3 fully saturated rings. The number of hydrogen-bond acceptors (Lipinski definition) is 8. The Morgan fingerprint density at radius 2 is 1.34 bits per heavy atom. The molecule has 7 atom stereocenters. The number of nitrogens with zero attached hydrogens (tertiary/aromatic N) is 3. The lowest BCUT2D eigenvalue weighted by molar-refractivity contribution is -0.179. The smallest absolute Gasteiger partial charge is 0.329 e. The number of aliphatic hydroxyl groups is 1. The van der Waals surface area contributed by atoms with Crippen LogP contribution in [0.4, 0.5) is 10.5 Å². The molecule has 9 rings (SSSR count). The van der Waals surface area contributed by atoms with Crippen molar-refractivity contribution in [3.05, 3.63) is 167 Å². The van der Waals surface area contributed by atoms with Crippen molar-refractivity contribution in [3.63, 3.8) is 0 Å². The van der Waals surface area contributed by atoms with Crippen molar-refractivity contribution in [1.82, 2.24) is 15.1 Å². The van der Waals surface area contributed by atoms with E-state index in [4.69, 9.17) is 9.47 Å². The van der Waals surface area contributed by atoms with Crippen LogP contribution in [0.2, 0.25) is 0 Å². The number of anilines is 1. The Morgan fingerprint density at radius 3 is 2.00 bits per heavy atom. The molecule has 5 aromatic rings. The van der Waals surface area contributed by atoms with E-state index in [0.29, 0.717) is 35.7 Å². The van der Waals surface area contributed by atoms with Crippen LogP contribution in [-0.4, -0.2) is 71.1 Å². The van der Waals surface area contributed by atoms with Crippen molar-refractivity contribution in [2.24, 2.45) is 5.92 Å². The van der Waals surface area contributed by atoms with E-state index in [9.17, 15) is 9.90 Å². The van der Waals surface area contributed by atoms with E-state index in [1.807, 2.05) is 127 Å². The molecule has 4 heterocycles. The largest absolute Gasteiger partial charge is 0.491 e. The van der Waals surface area contributed by atoms with Crippen LogP contribution in [0.15, 0.2) is 140 Å². The molecule has 0 aromatic heterocycles. The number of carbonyl (C=O) groups is 4. The Kier molecular flexibility index (Phi) is 11.7. The van der Waals surface area contributed by atoms with Gasteiger partial charge in [-0.05, 0) is 65.8 Å². The molecule has 0 unspecified atom stereocenters. The van der Waals surface area contributed by atoms with Crippen molar-refractivity contribution in [3.8, 4) is 5.75 Å². The lowest BCUT2D eigenvalue weighted by Gasteiger charge is -2.46. The zero-order valence-electron chi connectivity index (χ0n) is 34.8. The normalized spacial score (nSPS) is 25.3. The van der Waals surface area contributed by atoms with Gasteiger partial charge in [0.15, 0.2) is 0 Å². The van der Waals surface area contributed by atoms with Gasteiger partial charge >= 0.3 is 12.0 Å². The van der Waals surface area contributed by atoms with E-state index in [-0.39, 0.29) is 19.1 Å². The molecule has 11 heteroatoms. The number of benzene rings is 5. The van der Waals surface area contributed by atoms with Gasteiger partial charge in [-0.1, -0.05) is 141 Å². The first kappa shape index (κ1) is 41.1. The van der Waals surface area contributed by atoms with E-state index < -0.39 is 59.5 Å². The van der Waals surface area contributed by atoms with Crippen LogP contribution in [0, 0.1) is 5.92 Å². The number of urea groups is 1. The van der Waals surface area contributed by atoms with Crippen molar-refractivity contribution in [1.29, 1.82) is 0 Å². The Bertz CT molecular complexity index is 2390. The number of nitrogens with one attached hydrogen (secondary N) is 1. The summed E-state index contributed by atoms with van der Waals surface area (Å²) in [5.41, 5.74) is 2.18. The third kappa shape index (κ3) is 7.12. The molecule has 318 valence electrons. The van der Waals surface area contributed by atoms with Crippen LogP contribution in [0.3, 0.4) is 0 Å². The number of cyclic esters (lactones) is 1. The van der Waals surface area contributed by atoms with Gasteiger partial charge in [0.2, 0.25) is 11.8 Å². The van der Waals surface area contributed by atoms with Crippen LogP contribution < -0.4 is 15.0 Å². The van der Waals surface area contributed by atoms with Crippen LogP contribution in [0.1, 0.15) is 91.1 Å². The van der Waals surface area contributed by atoms with Gasteiger partial charge < -0.3 is 24.8 Å². The molecule has 11 nitrogen and oxygen atoms in total. The predicted molar refractivity (Wildman–Crippen MR) is 234 cm³/mol. The maximum Gasteiger partial charge on any atom is 0.329 e. The fourth-order valence-electron chi connectivity index (χ4n) is 10.5. The minimum atomic E-state index is -1.79. The minimum absolute atomic E-state index is 0.0886. The zero-order chi connectivity index (χ0) is 42.8. The molecule has 62 heavy (non-hydrogen) atoms. The molecule has 5 aromatic carbocycles. The number of amides is 4. The van der Waals surface area contributed by atoms with Gasteiger partial charge in [0.1, 0.15) is 29.9 Å². The molecule has 2 N–H and O–H groups in total. The number of ether oxygens (including phenoxy) is 2. The van der Waals surface area contributed by atoms with Gasteiger partial charge in [0.25, 0.3) is 0 Å². The van der Waals surface area contributed by atoms with Crippen LogP contribution in [0.5, 0.6) is 5.75 Å². The van der Waals surface area contributed by atoms with Crippen LogP contribution in [0.25, 0.3) is 0 Å². The number of likely N-dealkylation sites (tertiary alicyclic amines) is 1. The molecule has 0 saturated carbocycles. The number of morpholine rings is 1.